The largest absolute Gasteiger partial charge is 0.363 e. The van der Waals surface area contributed by atoms with Crippen LogP contribution in [-0.2, 0) is 12.0 Å². The fraction of sp³-hybridized carbons (Fsp3) is 0.429. The average molecular weight is 380 g/mol. The third-order valence-corrected chi connectivity index (χ3v) is 4.65. The number of pyridine rings is 1. The van der Waals surface area contributed by atoms with Gasteiger partial charge in [0.05, 0.1) is 17.3 Å². The first kappa shape index (κ1) is 19.8. The summed E-state index contributed by atoms with van der Waals surface area (Å²) in [5.41, 5.74) is 3.49. The van der Waals surface area contributed by atoms with Crippen LogP contribution >= 0.6 is 0 Å². The summed E-state index contributed by atoms with van der Waals surface area (Å²) >= 11 is 0. The van der Waals surface area contributed by atoms with E-state index >= 15 is 0 Å². The molecule has 0 aliphatic carbocycles. The van der Waals surface area contributed by atoms with Crippen LogP contribution < -0.4 is 10.9 Å². The Balaban J connectivity index is 1.79. The Morgan fingerprint density at radius 1 is 1.29 bits per heavy atom. The van der Waals surface area contributed by atoms with Crippen LogP contribution in [0.15, 0.2) is 35.4 Å². The van der Waals surface area contributed by atoms with Crippen LogP contribution in [-0.4, -0.2) is 24.7 Å². The van der Waals surface area contributed by atoms with Gasteiger partial charge in [-0.1, -0.05) is 6.92 Å². The summed E-state index contributed by atoms with van der Waals surface area (Å²) in [7, 11) is 0. The minimum atomic E-state index is -0.149. The van der Waals surface area contributed by atoms with Crippen LogP contribution in [0.3, 0.4) is 0 Å². The number of nitrogens with one attached hydrogen (secondary N) is 2. The molecular weight excluding hydrogens is 352 g/mol. The Morgan fingerprint density at radius 3 is 2.61 bits per heavy atom. The van der Waals surface area contributed by atoms with E-state index in [1.807, 2.05) is 30.7 Å². The van der Waals surface area contributed by atoms with Crippen LogP contribution in [0.25, 0.3) is 11.4 Å². The Kier molecular flexibility index (Phi) is 5.36. The summed E-state index contributed by atoms with van der Waals surface area (Å²) in [6.45, 7) is 12.5. The van der Waals surface area contributed by atoms with Gasteiger partial charge in [-0.15, -0.1) is 0 Å². The number of hydrogen-bond donors (Lipinski definition) is 2. The van der Waals surface area contributed by atoms with Crippen LogP contribution in [0.5, 0.6) is 0 Å². The van der Waals surface area contributed by atoms with E-state index in [9.17, 15) is 4.79 Å². The number of aryl methyl sites for hydroxylation is 2. The Bertz CT molecular complexity index is 1010. The van der Waals surface area contributed by atoms with E-state index in [2.05, 4.69) is 59.3 Å². The quantitative estimate of drug-likeness (QED) is 0.702. The molecule has 0 aliphatic rings. The molecule has 0 bridgehead atoms. The molecule has 0 amide bonds. The van der Waals surface area contributed by atoms with Crippen molar-refractivity contribution in [1.82, 2.24) is 24.7 Å². The molecule has 3 heterocycles. The maximum absolute atomic E-state index is 11.8. The second-order valence-corrected chi connectivity index (χ2v) is 8.02. The standard InChI is InChI=1S/C21H28N6O/c1-7-16-10-19(28)25-20(24-16)15-8-9-18(22-11-15)23-13(2)17-12-27(21(4,5)6)26-14(17)3/h8-13H,7H2,1-6H3,(H,22,23)(H,24,25,28). The van der Waals surface area contributed by atoms with Crippen molar-refractivity contribution in [2.45, 2.75) is 59.5 Å². The van der Waals surface area contributed by atoms with Gasteiger partial charge in [-0.25, -0.2) is 9.97 Å². The monoisotopic (exact) mass is 380 g/mol. The minimum Gasteiger partial charge on any atom is -0.363 e. The normalized spacial score (nSPS) is 12.8. The molecule has 1 atom stereocenters. The van der Waals surface area contributed by atoms with Crippen molar-refractivity contribution in [1.29, 1.82) is 0 Å². The predicted octanol–water partition coefficient (Wildman–Crippen LogP) is 3.83. The summed E-state index contributed by atoms with van der Waals surface area (Å²) in [6.07, 6.45) is 4.52. The van der Waals surface area contributed by atoms with Gasteiger partial charge < -0.3 is 10.3 Å². The third-order valence-electron chi connectivity index (χ3n) is 4.65. The third kappa shape index (κ3) is 4.30. The lowest BCUT2D eigenvalue weighted by atomic mass is 10.1. The molecular formula is C21H28N6O. The van der Waals surface area contributed by atoms with Gasteiger partial charge in [-0.3, -0.25) is 9.48 Å². The number of rotatable bonds is 5. The molecule has 3 aromatic rings. The topological polar surface area (TPSA) is 88.5 Å². The number of aromatic nitrogens is 5. The van der Waals surface area contributed by atoms with Crippen molar-refractivity contribution >= 4 is 5.82 Å². The fourth-order valence-corrected chi connectivity index (χ4v) is 2.99. The number of nitrogens with zero attached hydrogens (tertiary/aromatic N) is 4. The number of hydrogen-bond acceptors (Lipinski definition) is 5. The van der Waals surface area contributed by atoms with E-state index in [1.54, 1.807) is 6.20 Å². The molecule has 0 radical (unpaired) electrons. The van der Waals surface area contributed by atoms with Crippen LogP contribution in [0.2, 0.25) is 0 Å². The van der Waals surface area contributed by atoms with E-state index in [-0.39, 0.29) is 17.1 Å². The average Bonchev–Trinajstić information content (AvgIpc) is 3.04. The lowest BCUT2D eigenvalue weighted by Gasteiger charge is -2.19. The van der Waals surface area contributed by atoms with Crippen molar-refractivity contribution in [3.63, 3.8) is 0 Å². The predicted molar refractivity (Wildman–Crippen MR) is 111 cm³/mol. The highest BCUT2D eigenvalue weighted by molar-refractivity contribution is 5.56. The Labute approximate surface area is 165 Å². The van der Waals surface area contributed by atoms with Gasteiger partial charge in [0.2, 0.25) is 0 Å². The van der Waals surface area contributed by atoms with Crippen LogP contribution in [0.4, 0.5) is 5.82 Å². The van der Waals surface area contributed by atoms with Crippen LogP contribution in [0.1, 0.15) is 57.6 Å². The maximum atomic E-state index is 11.8. The molecule has 3 rings (SSSR count). The molecule has 1 unspecified atom stereocenters. The molecule has 0 aromatic carbocycles. The molecule has 2 N–H and O–H groups in total. The zero-order valence-corrected chi connectivity index (χ0v) is 17.4. The SMILES string of the molecule is CCc1cc(=O)[nH]c(-c2ccc(NC(C)c3cn(C(C)(C)C)nc3C)nc2)n1. The lowest BCUT2D eigenvalue weighted by Crippen LogP contribution is -2.22. The molecule has 0 aliphatic heterocycles. The second-order valence-electron chi connectivity index (χ2n) is 8.02. The number of anilines is 1. The molecule has 148 valence electrons. The number of aromatic amines is 1. The summed E-state index contributed by atoms with van der Waals surface area (Å²) in [5.74, 6) is 1.30. The summed E-state index contributed by atoms with van der Waals surface area (Å²) < 4.78 is 2.00. The zero-order chi connectivity index (χ0) is 20.5. The van der Waals surface area contributed by atoms with Crippen molar-refractivity contribution in [3.8, 4) is 11.4 Å². The highest BCUT2D eigenvalue weighted by Gasteiger charge is 2.19. The van der Waals surface area contributed by atoms with Gasteiger partial charge >= 0.3 is 0 Å². The van der Waals surface area contributed by atoms with Gasteiger partial charge in [0.25, 0.3) is 5.56 Å². The van der Waals surface area contributed by atoms with Crippen LogP contribution in [0, 0.1) is 6.92 Å². The van der Waals surface area contributed by atoms with Crippen molar-refractivity contribution in [2.24, 2.45) is 0 Å². The van der Waals surface area contributed by atoms with E-state index in [4.69, 9.17) is 0 Å². The first-order valence-corrected chi connectivity index (χ1v) is 9.57. The van der Waals surface area contributed by atoms with Gasteiger partial charge in [0.15, 0.2) is 0 Å². The van der Waals surface area contributed by atoms with Gasteiger partial charge in [0.1, 0.15) is 11.6 Å². The lowest BCUT2D eigenvalue weighted by molar-refractivity contribution is 0.354. The Hall–Kier alpha value is -2.96. The van der Waals surface area contributed by atoms with Gasteiger partial charge in [-0.2, -0.15) is 5.10 Å². The van der Waals surface area contributed by atoms with E-state index in [1.165, 1.54) is 6.07 Å². The van der Waals surface area contributed by atoms with E-state index < -0.39 is 0 Å². The van der Waals surface area contributed by atoms with E-state index in [0.717, 1.165) is 28.3 Å². The summed E-state index contributed by atoms with van der Waals surface area (Å²) in [6, 6.07) is 5.39. The van der Waals surface area contributed by atoms with Gasteiger partial charge in [0, 0.05) is 35.3 Å². The fourth-order valence-electron chi connectivity index (χ4n) is 2.99. The Morgan fingerprint density at radius 2 is 2.04 bits per heavy atom. The molecule has 7 nitrogen and oxygen atoms in total. The maximum Gasteiger partial charge on any atom is 0.251 e. The van der Waals surface area contributed by atoms with Gasteiger partial charge in [-0.05, 0) is 53.2 Å². The highest BCUT2D eigenvalue weighted by Crippen LogP contribution is 2.24. The van der Waals surface area contributed by atoms with Crippen molar-refractivity contribution < 1.29 is 0 Å². The smallest absolute Gasteiger partial charge is 0.251 e. The molecule has 0 saturated carbocycles. The molecule has 28 heavy (non-hydrogen) atoms. The van der Waals surface area contributed by atoms with Crippen molar-refractivity contribution in [3.05, 3.63) is 57.9 Å². The molecule has 0 fully saturated rings. The molecule has 3 aromatic heterocycles. The molecule has 0 spiro atoms. The minimum absolute atomic E-state index is 0.0560. The van der Waals surface area contributed by atoms with Crippen molar-refractivity contribution in [2.75, 3.05) is 5.32 Å². The molecule has 7 heteroatoms. The van der Waals surface area contributed by atoms with E-state index in [0.29, 0.717) is 12.2 Å². The second kappa shape index (κ2) is 7.58. The summed E-state index contributed by atoms with van der Waals surface area (Å²) in [4.78, 5) is 23.5. The highest BCUT2D eigenvalue weighted by atomic mass is 16.1. The summed E-state index contributed by atoms with van der Waals surface area (Å²) in [5, 5.41) is 8.06. The first-order valence-electron chi connectivity index (χ1n) is 9.57. The zero-order valence-electron chi connectivity index (χ0n) is 17.4. The number of H-pyrrole nitrogens is 1. The first-order chi connectivity index (χ1) is 13.2. The molecule has 0 saturated heterocycles.